The molecule has 1 aliphatic heterocycles. The minimum absolute atomic E-state index is 0. The first-order valence-corrected chi connectivity index (χ1v) is 6.52. The molecule has 0 atom stereocenters. The molecule has 20 heavy (non-hydrogen) atoms. The predicted molar refractivity (Wildman–Crippen MR) is 69.3 cm³/mol. The molecule has 0 aliphatic carbocycles. The topological polar surface area (TPSA) is 59.4 Å². The van der Waals surface area contributed by atoms with Gasteiger partial charge in [0.2, 0.25) is 0 Å². The van der Waals surface area contributed by atoms with Crippen molar-refractivity contribution in [1.29, 1.82) is 0 Å². The maximum Gasteiger partial charge on any atom is 0.353 e. The zero-order valence-electron chi connectivity index (χ0n) is 11.2. The number of para-hydroxylation sites is 2. The van der Waals surface area contributed by atoms with E-state index in [9.17, 15) is 0 Å². The first-order chi connectivity index (χ1) is 8.84. The second kappa shape index (κ2) is 7.69. The lowest BCUT2D eigenvalue weighted by molar-refractivity contribution is -0.923. The van der Waals surface area contributed by atoms with E-state index < -0.39 is 0 Å². The van der Waals surface area contributed by atoms with Gasteiger partial charge in [0, 0.05) is 0 Å². The Morgan fingerprint density at radius 2 is 1.90 bits per heavy atom. The number of nitrogens with zero attached hydrogens (tertiary/aromatic N) is 1. The molecule has 2 aromatic rings. The van der Waals surface area contributed by atoms with Crippen LogP contribution in [-0.4, -0.2) is 37.8 Å². The van der Waals surface area contributed by atoms with Gasteiger partial charge in [-0.2, -0.15) is 0 Å². The second-order valence-corrected chi connectivity index (χ2v) is 4.79. The molecule has 1 aliphatic rings. The van der Waals surface area contributed by atoms with Gasteiger partial charge in [0.1, 0.15) is 37.2 Å². The Morgan fingerprint density at radius 1 is 1.20 bits per heavy atom. The molecule has 112 valence electrons. The van der Waals surface area contributed by atoms with Crippen molar-refractivity contribution in [1.82, 2.24) is 4.98 Å². The van der Waals surface area contributed by atoms with Crippen LogP contribution in [0.4, 0.5) is 5.95 Å². The molecule has 3 rings (SSSR count). The largest absolute Gasteiger partial charge is 1.00 e. The molecule has 7 heteroatoms. The van der Waals surface area contributed by atoms with Crippen LogP contribution in [0, 0.1) is 0 Å². The fourth-order valence-corrected chi connectivity index (χ4v) is 2.57. The van der Waals surface area contributed by atoms with Crippen LogP contribution in [0.3, 0.4) is 0 Å². The lowest BCUT2D eigenvalue weighted by Crippen LogP contribution is -3.14. The van der Waals surface area contributed by atoms with Crippen molar-refractivity contribution >= 4 is 17.0 Å². The fourth-order valence-electron chi connectivity index (χ4n) is 2.57. The number of imidazole rings is 1. The summed E-state index contributed by atoms with van der Waals surface area (Å²) in [6.07, 6.45) is 0. The van der Waals surface area contributed by atoms with E-state index in [-0.39, 0.29) is 24.8 Å². The summed E-state index contributed by atoms with van der Waals surface area (Å²) in [5.74, 6) is 0.740. The van der Waals surface area contributed by atoms with Crippen molar-refractivity contribution in [3.63, 3.8) is 0 Å². The number of quaternary nitrogens is 1. The number of benzene rings is 1. The predicted octanol–water partition coefficient (Wildman–Crippen LogP) is -7.04. The summed E-state index contributed by atoms with van der Waals surface area (Å²) in [5.41, 5.74) is 8.33. The van der Waals surface area contributed by atoms with Gasteiger partial charge in [-0.05, 0) is 12.1 Å². The third kappa shape index (κ3) is 3.55. The number of rotatable bonds is 3. The van der Waals surface area contributed by atoms with Gasteiger partial charge in [0.15, 0.2) is 0 Å². The molecule has 0 amide bonds. The van der Waals surface area contributed by atoms with Gasteiger partial charge >= 0.3 is 5.95 Å². The van der Waals surface area contributed by atoms with Gasteiger partial charge in [0.05, 0.1) is 13.2 Å². The van der Waals surface area contributed by atoms with E-state index in [1.54, 1.807) is 4.90 Å². The molecule has 4 N–H and O–H groups in total. The molecule has 1 fully saturated rings. The Balaban J connectivity index is 0.000001000. The van der Waals surface area contributed by atoms with E-state index in [0.717, 1.165) is 50.9 Å². The molecular weight excluding hydrogens is 299 g/mol. The highest BCUT2D eigenvalue weighted by molar-refractivity contribution is 5.72. The molecule has 0 unspecified atom stereocenters. The number of ether oxygens (including phenoxy) is 1. The highest BCUT2D eigenvalue weighted by Crippen LogP contribution is 2.09. The van der Waals surface area contributed by atoms with Crippen LogP contribution in [0.25, 0.3) is 11.0 Å². The molecule has 1 aromatic heterocycles. The standard InChI is InChI=1S/C13H18N4O.2ClH/c14-13-15-11-3-1-2-4-12(11)17(13)6-5-16-7-9-18-10-8-16;;/h1-4H,5-10H2,(H2,14,15);2*1H. The highest BCUT2D eigenvalue weighted by Gasteiger charge is 2.18. The number of hydrogen-bond acceptors (Lipinski definition) is 2. The number of anilines is 1. The van der Waals surface area contributed by atoms with Crippen molar-refractivity contribution in [3.05, 3.63) is 24.3 Å². The smallest absolute Gasteiger partial charge is 0.353 e. The molecular formula is C13H20Cl2N4O. The summed E-state index contributed by atoms with van der Waals surface area (Å²) in [4.78, 5) is 4.82. The van der Waals surface area contributed by atoms with E-state index in [1.165, 1.54) is 5.52 Å². The van der Waals surface area contributed by atoms with Gasteiger partial charge in [-0.1, -0.05) is 12.1 Å². The first kappa shape index (κ1) is 17.0. The quantitative estimate of drug-likeness (QED) is 0.493. The van der Waals surface area contributed by atoms with Crippen molar-refractivity contribution < 1.29 is 39.0 Å². The Labute approximate surface area is 130 Å². The summed E-state index contributed by atoms with van der Waals surface area (Å²) in [6, 6.07) is 8.24. The number of hydrogen-bond donors (Lipinski definition) is 3. The number of morpholine rings is 1. The summed E-state index contributed by atoms with van der Waals surface area (Å²) < 4.78 is 7.54. The van der Waals surface area contributed by atoms with E-state index in [4.69, 9.17) is 10.5 Å². The highest BCUT2D eigenvalue weighted by atomic mass is 35.5. The minimum atomic E-state index is 0. The lowest BCUT2D eigenvalue weighted by Gasteiger charge is -2.23. The number of fused-ring (bicyclic) bond motifs is 1. The van der Waals surface area contributed by atoms with Crippen molar-refractivity contribution in [3.8, 4) is 0 Å². The van der Waals surface area contributed by atoms with Crippen LogP contribution in [-0.2, 0) is 11.3 Å². The van der Waals surface area contributed by atoms with Crippen LogP contribution in [0.1, 0.15) is 0 Å². The zero-order valence-corrected chi connectivity index (χ0v) is 12.8. The normalized spacial score (nSPS) is 15.6. The molecule has 0 saturated carbocycles. The third-order valence-corrected chi connectivity index (χ3v) is 3.64. The van der Waals surface area contributed by atoms with E-state index in [0.29, 0.717) is 0 Å². The number of nitrogens with one attached hydrogen (secondary N) is 2. The molecule has 5 nitrogen and oxygen atoms in total. The molecule has 2 heterocycles. The number of nitrogens with two attached hydrogens (primary N) is 1. The van der Waals surface area contributed by atoms with E-state index in [1.807, 2.05) is 12.1 Å². The maximum absolute atomic E-state index is 6.04. The Bertz CT molecular complexity index is 540. The van der Waals surface area contributed by atoms with Gasteiger partial charge in [0.25, 0.3) is 0 Å². The van der Waals surface area contributed by atoms with Crippen LogP contribution < -0.4 is 40.0 Å². The number of aromatic nitrogens is 2. The van der Waals surface area contributed by atoms with Gasteiger partial charge in [-0.15, -0.1) is 0 Å². The average molecular weight is 319 g/mol. The monoisotopic (exact) mass is 318 g/mol. The number of H-pyrrole nitrogens is 1. The minimum Gasteiger partial charge on any atom is -1.00 e. The summed E-state index contributed by atoms with van der Waals surface area (Å²) in [7, 11) is 0. The Hall–Kier alpha value is -1.01. The molecule has 1 saturated heterocycles. The summed E-state index contributed by atoms with van der Waals surface area (Å²) in [5, 5.41) is 0. The van der Waals surface area contributed by atoms with Crippen molar-refractivity contribution in [2.24, 2.45) is 0 Å². The first-order valence-electron chi connectivity index (χ1n) is 6.52. The van der Waals surface area contributed by atoms with E-state index in [2.05, 4.69) is 21.7 Å². The van der Waals surface area contributed by atoms with Crippen LogP contribution >= 0.6 is 0 Å². The Kier molecular flexibility index (Phi) is 6.55. The number of nitrogen functional groups attached to an aromatic ring is 1. The Morgan fingerprint density at radius 3 is 2.65 bits per heavy atom. The fraction of sp³-hybridized carbons (Fsp3) is 0.462. The summed E-state index contributed by atoms with van der Waals surface area (Å²) >= 11 is 0. The number of halogens is 2. The molecule has 0 spiro atoms. The van der Waals surface area contributed by atoms with Crippen LogP contribution in [0.2, 0.25) is 0 Å². The SMILES string of the molecule is Nc1[nH]c2ccccc2[n+]1CC[NH+]1CCOCC1.[Cl-].[Cl-]. The zero-order chi connectivity index (χ0) is 12.4. The molecule has 0 bridgehead atoms. The van der Waals surface area contributed by atoms with Crippen molar-refractivity contribution in [2.75, 3.05) is 38.6 Å². The van der Waals surface area contributed by atoms with Crippen LogP contribution in [0.5, 0.6) is 0 Å². The van der Waals surface area contributed by atoms with Gasteiger partial charge in [-0.3, -0.25) is 5.73 Å². The van der Waals surface area contributed by atoms with Gasteiger partial charge < -0.3 is 34.5 Å². The third-order valence-electron chi connectivity index (χ3n) is 3.64. The number of aromatic amines is 1. The molecule has 1 aromatic carbocycles. The lowest BCUT2D eigenvalue weighted by atomic mass is 10.3. The van der Waals surface area contributed by atoms with Crippen LogP contribution in [0.15, 0.2) is 24.3 Å². The second-order valence-electron chi connectivity index (χ2n) is 4.79. The molecule has 0 radical (unpaired) electrons. The van der Waals surface area contributed by atoms with Gasteiger partial charge in [-0.25, -0.2) is 9.55 Å². The maximum atomic E-state index is 6.04. The average Bonchev–Trinajstić information content (AvgIpc) is 2.73. The van der Waals surface area contributed by atoms with Crippen molar-refractivity contribution in [2.45, 2.75) is 6.54 Å². The van der Waals surface area contributed by atoms with E-state index >= 15 is 0 Å². The summed E-state index contributed by atoms with van der Waals surface area (Å²) in [6.45, 7) is 6.00.